The van der Waals surface area contributed by atoms with Gasteiger partial charge in [0.15, 0.2) is 10.9 Å². The molecule has 0 bridgehead atoms. The molecule has 0 unspecified atom stereocenters. The van der Waals surface area contributed by atoms with Gasteiger partial charge in [0.1, 0.15) is 5.25 Å². The molecule has 0 radical (unpaired) electrons. The highest BCUT2D eigenvalue weighted by Gasteiger charge is 2.26. The van der Waals surface area contributed by atoms with E-state index in [1.54, 1.807) is 4.57 Å². The van der Waals surface area contributed by atoms with Crippen molar-refractivity contribution >= 4 is 17.5 Å². The number of aryl methyl sites for hydroxylation is 2. The van der Waals surface area contributed by atoms with Crippen LogP contribution in [0.4, 0.5) is 0 Å². The first kappa shape index (κ1) is 19.2. The lowest BCUT2D eigenvalue weighted by molar-refractivity contribution is 0.0989. The Morgan fingerprint density at radius 3 is 2.26 bits per heavy atom. The number of thioether (sulfide) groups is 1. The number of rotatable bonds is 7. The third-order valence-electron chi connectivity index (χ3n) is 4.35. The average molecular weight is 382 g/mol. The zero-order valence-electron chi connectivity index (χ0n) is 15.7. The number of aromatic amines is 1. The largest absolute Gasteiger partial charge is 0.343 e. The van der Waals surface area contributed by atoms with Crippen molar-refractivity contribution < 1.29 is 4.79 Å². The quantitative estimate of drug-likeness (QED) is 0.489. The van der Waals surface area contributed by atoms with Crippen molar-refractivity contribution in [3.8, 4) is 0 Å². The number of nitrogens with one attached hydrogen (secondary N) is 1. The Hall–Kier alpha value is -2.60. The number of benzene rings is 2. The van der Waals surface area contributed by atoms with Crippen LogP contribution in [0.15, 0.2) is 58.5 Å². The van der Waals surface area contributed by atoms with Gasteiger partial charge in [-0.25, -0.2) is 9.89 Å². The molecule has 0 saturated carbocycles. The van der Waals surface area contributed by atoms with E-state index in [1.807, 2.05) is 69.3 Å². The highest BCUT2D eigenvalue weighted by atomic mass is 32.2. The van der Waals surface area contributed by atoms with Crippen LogP contribution in [0.1, 0.15) is 45.6 Å². The molecule has 3 rings (SSSR count). The summed E-state index contributed by atoms with van der Waals surface area (Å²) in [5.74, 6) is 0.00218. The Balaban J connectivity index is 2.00. The number of nitrogens with zero attached hydrogens (tertiary/aromatic N) is 2. The molecule has 0 aliphatic rings. The molecule has 0 aliphatic carbocycles. The van der Waals surface area contributed by atoms with Gasteiger partial charge in [-0.3, -0.25) is 9.36 Å². The van der Waals surface area contributed by atoms with Crippen LogP contribution >= 0.6 is 11.8 Å². The summed E-state index contributed by atoms with van der Waals surface area (Å²) in [7, 11) is 0. The van der Waals surface area contributed by atoms with Crippen molar-refractivity contribution in [2.45, 2.75) is 44.1 Å². The van der Waals surface area contributed by atoms with E-state index in [0.717, 1.165) is 23.1 Å². The van der Waals surface area contributed by atoms with Gasteiger partial charge in [0.25, 0.3) is 0 Å². The van der Waals surface area contributed by atoms with Gasteiger partial charge in [-0.1, -0.05) is 78.3 Å². The average Bonchev–Trinajstić information content (AvgIpc) is 3.01. The van der Waals surface area contributed by atoms with Crippen molar-refractivity contribution in [1.29, 1.82) is 0 Å². The Labute approximate surface area is 162 Å². The third kappa shape index (κ3) is 4.39. The first-order valence-corrected chi connectivity index (χ1v) is 9.87. The molecule has 1 atom stereocenters. The van der Waals surface area contributed by atoms with E-state index in [1.165, 1.54) is 11.8 Å². The fourth-order valence-corrected chi connectivity index (χ4v) is 3.95. The number of carbonyl (C=O) groups excluding carboxylic acids is 1. The molecule has 0 saturated heterocycles. The number of hydrogen-bond donors (Lipinski definition) is 1. The van der Waals surface area contributed by atoms with Gasteiger partial charge in [0, 0.05) is 12.1 Å². The molecule has 0 fully saturated rings. The Morgan fingerprint density at radius 1 is 1.07 bits per heavy atom. The second-order valence-electron chi connectivity index (χ2n) is 6.60. The van der Waals surface area contributed by atoms with Crippen LogP contribution in [0.2, 0.25) is 0 Å². The van der Waals surface area contributed by atoms with Crippen molar-refractivity contribution in [3.63, 3.8) is 0 Å². The highest BCUT2D eigenvalue weighted by Crippen LogP contribution is 2.36. The lowest BCUT2D eigenvalue weighted by atomic mass is 10.0. The predicted molar refractivity (Wildman–Crippen MR) is 108 cm³/mol. The number of Topliss-reactive ketones (excluding diaryl/α,β-unsaturated/α-hetero) is 1. The molecule has 1 aromatic heterocycles. The van der Waals surface area contributed by atoms with Crippen LogP contribution in [0, 0.1) is 13.8 Å². The van der Waals surface area contributed by atoms with Gasteiger partial charge in [-0.15, -0.1) is 5.10 Å². The van der Waals surface area contributed by atoms with Gasteiger partial charge < -0.3 is 0 Å². The summed E-state index contributed by atoms with van der Waals surface area (Å²) in [6, 6.07) is 15.5. The van der Waals surface area contributed by atoms with E-state index in [4.69, 9.17) is 0 Å². The van der Waals surface area contributed by atoms with E-state index < -0.39 is 5.25 Å². The van der Waals surface area contributed by atoms with Crippen LogP contribution < -0.4 is 5.69 Å². The van der Waals surface area contributed by atoms with Gasteiger partial charge >= 0.3 is 5.69 Å². The van der Waals surface area contributed by atoms with Crippen molar-refractivity contribution in [1.82, 2.24) is 14.8 Å². The molecular weight excluding hydrogens is 358 g/mol. The molecule has 0 aliphatic heterocycles. The predicted octanol–water partition coefficient (Wildman–Crippen LogP) is 4.31. The summed E-state index contributed by atoms with van der Waals surface area (Å²) in [5.41, 5.74) is 3.54. The van der Waals surface area contributed by atoms with E-state index in [2.05, 4.69) is 10.2 Å². The second-order valence-corrected chi connectivity index (χ2v) is 7.67. The molecule has 2 aromatic carbocycles. The van der Waals surface area contributed by atoms with E-state index >= 15 is 0 Å². The molecule has 6 heteroatoms. The maximum Gasteiger partial charge on any atom is 0.343 e. The van der Waals surface area contributed by atoms with Gasteiger partial charge in [0.05, 0.1) is 0 Å². The molecule has 1 N–H and O–H groups in total. The normalized spacial score (nSPS) is 12.1. The van der Waals surface area contributed by atoms with Crippen molar-refractivity contribution in [2.24, 2.45) is 0 Å². The summed E-state index contributed by atoms with van der Waals surface area (Å²) in [6.45, 7) is 6.58. The van der Waals surface area contributed by atoms with E-state index in [0.29, 0.717) is 17.3 Å². The fourth-order valence-electron chi connectivity index (χ4n) is 2.80. The molecule has 3 aromatic rings. The zero-order chi connectivity index (χ0) is 19.4. The highest BCUT2D eigenvalue weighted by molar-refractivity contribution is 8.00. The van der Waals surface area contributed by atoms with Gasteiger partial charge in [-0.05, 0) is 25.8 Å². The van der Waals surface area contributed by atoms with Crippen molar-refractivity contribution in [3.05, 3.63) is 81.3 Å². The summed E-state index contributed by atoms with van der Waals surface area (Å²) in [4.78, 5) is 25.3. The molecule has 5 nitrogen and oxygen atoms in total. The van der Waals surface area contributed by atoms with Gasteiger partial charge in [0.2, 0.25) is 0 Å². The monoisotopic (exact) mass is 381 g/mol. The van der Waals surface area contributed by atoms with E-state index in [9.17, 15) is 9.59 Å². The van der Waals surface area contributed by atoms with Crippen molar-refractivity contribution in [2.75, 3.05) is 0 Å². The second kappa shape index (κ2) is 8.39. The standard InChI is InChI=1S/C21H23N3O2S/c1-4-13-24-20(26)22-23-21(24)27-19(17-11-7-15(3)8-12-17)18(25)16-9-5-14(2)6-10-16/h5-12,19H,4,13H2,1-3H3,(H,22,26)/t19-/m0/s1. The Kier molecular flexibility index (Phi) is 5.96. The first-order valence-electron chi connectivity index (χ1n) is 8.99. The fraction of sp³-hybridized carbons (Fsp3) is 0.286. The lowest BCUT2D eigenvalue weighted by Crippen LogP contribution is -2.18. The number of ketones is 1. The summed E-state index contributed by atoms with van der Waals surface area (Å²) >= 11 is 1.31. The minimum Gasteiger partial charge on any atom is -0.293 e. The van der Waals surface area contributed by atoms with Crippen LogP contribution in [0.3, 0.4) is 0 Å². The molecule has 0 amide bonds. The number of hydrogen-bond acceptors (Lipinski definition) is 4. The zero-order valence-corrected chi connectivity index (χ0v) is 16.5. The van der Waals surface area contributed by atoms with Crippen LogP contribution in [0.5, 0.6) is 0 Å². The maximum atomic E-state index is 13.3. The minimum absolute atomic E-state index is 0.00218. The summed E-state index contributed by atoms with van der Waals surface area (Å²) in [6.07, 6.45) is 0.814. The maximum absolute atomic E-state index is 13.3. The molecular formula is C21H23N3O2S. The molecule has 140 valence electrons. The smallest absolute Gasteiger partial charge is 0.293 e. The third-order valence-corrected chi connectivity index (χ3v) is 5.59. The number of carbonyl (C=O) groups is 1. The number of H-pyrrole nitrogens is 1. The molecule has 27 heavy (non-hydrogen) atoms. The lowest BCUT2D eigenvalue weighted by Gasteiger charge is -2.16. The van der Waals surface area contributed by atoms with E-state index in [-0.39, 0.29) is 11.5 Å². The first-order chi connectivity index (χ1) is 13.0. The van der Waals surface area contributed by atoms with Gasteiger partial charge in [-0.2, -0.15) is 0 Å². The summed E-state index contributed by atoms with van der Waals surface area (Å²) in [5, 5.41) is 6.71. The Morgan fingerprint density at radius 2 is 1.67 bits per heavy atom. The van der Waals surface area contributed by atoms with Crippen LogP contribution in [-0.4, -0.2) is 20.5 Å². The molecule has 1 heterocycles. The topological polar surface area (TPSA) is 67.8 Å². The molecule has 0 spiro atoms. The summed E-state index contributed by atoms with van der Waals surface area (Å²) < 4.78 is 1.59. The van der Waals surface area contributed by atoms with Crippen LogP contribution in [-0.2, 0) is 6.54 Å². The van der Waals surface area contributed by atoms with Crippen LogP contribution in [0.25, 0.3) is 0 Å². The SMILES string of the molecule is CCCn1c(S[C@H](C(=O)c2ccc(C)cc2)c2ccc(C)cc2)n[nH]c1=O. The minimum atomic E-state index is -0.473. The Bertz CT molecular complexity index is 972. The number of aromatic nitrogens is 3.